The van der Waals surface area contributed by atoms with E-state index in [2.05, 4.69) is 9.88 Å². The smallest absolute Gasteiger partial charge is 0.278 e. The van der Waals surface area contributed by atoms with Crippen molar-refractivity contribution in [2.24, 2.45) is 0 Å². The van der Waals surface area contributed by atoms with E-state index < -0.39 is 0 Å². The van der Waals surface area contributed by atoms with Gasteiger partial charge in [-0.2, -0.15) is 0 Å². The van der Waals surface area contributed by atoms with Gasteiger partial charge in [0.1, 0.15) is 0 Å². The number of likely N-dealkylation sites (tertiary alicyclic amines) is 1. The summed E-state index contributed by atoms with van der Waals surface area (Å²) in [6.07, 6.45) is 5.95. The van der Waals surface area contributed by atoms with Gasteiger partial charge < -0.3 is 5.11 Å². The van der Waals surface area contributed by atoms with E-state index in [4.69, 9.17) is 0 Å². The van der Waals surface area contributed by atoms with Crippen molar-refractivity contribution in [3.8, 4) is 0 Å². The lowest BCUT2D eigenvalue weighted by molar-refractivity contribution is -0.386. The molecule has 116 valence electrons. The summed E-state index contributed by atoms with van der Waals surface area (Å²) in [6.45, 7) is 5.09. The normalized spacial score (nSPS) is 20.2. The molecule has 0 aliphatic carbocycles. The summed E-state index contributed by atoms with van der Waals surface area (Å²) in [5.74, 6) is 0. The van der Waals surface area contributed by atoms with Crippen LogP contribution in [0.4, 0.5) is 5.69 Å². The van der Waals surface area contributed by atoms with E-state index in [1.54, 1.807) is 20.0 Å². The molecule has 1 aliphatic heterocycles. The van der Waals surface area contributed by atoms with Gasteiger partial charge in [-0.15, -0.1) is 0 Å². The van der Waals surface area contributed by atoms with Crippen molar-refractivity contribution in [2.75, 3.05) is 13.2 Å². The fourth-order valence-corrected chi connectivity index (χ4v) is 3.05. The quantitative estimate of drug-likeness (QED) is 0.681. The molecule has 2 rings (SSSR count). The molecule has 0 amide bonds. The Balaban J connectivity index is 2.26. The second-order valence-electron chi connectivity index (χ2n) is 5.77. The molecule has 1 saturated heterocycles. The number of aryl methyl sites for hydroxylation is 1. The van der Waals surface area contributed by atoms with Crippen LogP contribution in [0.2, 0.25) is 0 Å². The second-order valence-corrected chi connectivity index (χ2v) is 5.77. The van der Waals surface area contributed by atoms with Gasteiger partial charge in [-0.05, 0) is 33.2 Å². The van der Waals surface area contributed by atoms with Gasteiger partial charge in [0.25, 0.3) is 5.69 Å². The van der Waals surface area contributed by atoms with Crippen LogP contribution in [0.15, 0.2) is 6.20 Å². The van der Waals surface area contributed by atoms with Crippen molar-refractivity contribution in [1.29, 1.82) is 0 Å². The molecule has 0 radical (unpaired) electrons. The standard InChI is InChI=1S/C15H23N3O3/c1-11-8-16-14(12(2)15(11)18(20)21)9-17-7-5-3-4-6-13(17)10-19/h8,13,19H,3-7,9-10H2,1-2H3. The zero-order valence-corrected chi connectivity index (χ0v) is 12.7. The van der Waals surface area contributed by atoms with Crippen LogP contribution in [-0.2, 0) is 6.54 Å². The number of nitrogens with zero attached hydrogens (tertiary/aromatic N) is 3. The minimum atomic E-state index is -0.332. The van der Waals surface area contributed by atoms with Gasteiger partial charge in [-0.3, -0.25) is 20.0 Å². The molecular formula is C15H23N3O3. The van der Waals surface area contributed by atoms with Crippen molar-refractivity contribution >= 4 is 5.69 Å². The molecule has 1 atom stereocenters. The van der Waals surface area contributed by atoms with Crippen LogP contribution in [0.5, 0.6) is 0 Å². The highest BCUT2D eigenvalue weighted by atomic mass is 16.6. The minimum Gasteiger partial charge on any atom is -0.395 e. The van der Waals surface area contributed by atoms with Gasteiger partial charge in [-0.1, -0.05) is 12.8 Å². The van der Waals surface area contributed by atoms with E-state index in [1.165, 1.54) is 6.42 Å². The summed E-state index contributed by atoms with van der Waals surface area (Å²) in [5.41, 5.74) is 2.14. The highest BCUT2D eigenvalue weighted by molar-refractivity contribution is 5.47. The molecule has 1 aromatic rings. The van der Waals surface area contributed by atoms with Gasteiger partial charge in [0.05, 0.1) is 17.2 Å². The molecule has 0 bridgehead atoms. The van der Waals surface area contributed by atoms with Crippen LogP contribution >= 0.6 is 0 Å². The maximum atomic E-state index is 11.2. The van der Waals surface area contributed by atoms with Crippen LogP contribution in [0.3, 0.4) is 0 Å². The Morgan fingerprint density at radius 3 is 2.86 bits per heavy atom. The number of aliphatic hydroxyl groups excluding tert-OH is 1. The zero-order valence-electron chi connectivity index (χ0n) is 12.7. The van der Waals surface area contributed by atoms with Crippen LogP contribution in [0.1, 0.15) is 42.5 Å². The summed E-state index contributed by atoms with van der Waals surface area (Å²) in [6, 6.07) is 0.133. The first kappa shape index (κ1) is 15.9. The van der Waals surface area contributed by atoms with Crippen LogP contribution in [0.25, 0.3) is 0 Å². The Labute approximate surface area is 125 Å². The lowest BCUT2D eigenvalue weighted by Crippen LogP contribution is -2.37. The Morgan fingerprint density at radius 1 is 1.43 bits per heavy atom. The molecule has 0 aromatic carbocycles. The van der Waals surface area contributed by atoms with Crippen molar-refractivity contribution in [2.45, 2.75) is 52.1 Å². The number of aliphatic hydroxyl groups is 1. The van der Waals surface area contributed by atoms with Crippen molar-refractivity contribution < 1.29 is 10.0 Å². The number of rotatable bonds is 4. The van der Waals surface area contributed by atoms with Gasteiger partial charge in [0.2, 0.25) is 0 Å². The van der Waals surface area contributed by atoms with E-state index in [0.717, 1.165) is 31.5 Å². The number of nitro groups is 1. The summed E-state index contributed by atoms with van der Waals surface area (Å²) in [5, 5.41) is 20.7. The first-order valence-corrected chi connectivity index (χ1v) is 7.49. The molecule has 1 unspecified atom stereocenters. The van der Waals surface area contributed by atoms with E-state index in [9.17, 15) is 15.2 Å². The third-order valence-electron chi connectivity index (χ3n) is 4.32. The molecule has 6 nitrogen and oxygen atoms in total. The van der Waals surface area contributed by atoms with Crippen LogP contribution < -0.4 is 0 Å². The maximum absolute atomic E-state index is 11.2. The minimum absolute atomic E-state index is 0.132. The van der Waals surface area contributed by atoms with Crippen LogP contribution in [0, 0.1) is 24.0 Å². The number of pyridine rings is 1. The summed E-state index contributed by atoms with van der Waals surface area (Å²) in [4.78, 5) is 17.5. The zero-order chi connectivity index (χ0) is 15.4. The predicted octanol–water partition coefficient (Wildman–Crippen LogP) is 2.34. The van der Waals surface area contributed by atoms with E-state index >= 15 is 0 Å². The van der Waals surface area contributed by atoms with Crippen molar-refractivity contribution in [1.82, 2.24) is 9.88 Å². The summed E-state index contributed by atoms with van der Waals surface area (Å²) in [7, 11) is 0. The molecule has 1 N–H and O–H groups in total. The first-order chi connectivity index (χ1) is 10.0. The van der Waals surface area contributed by atoms with E-state index in [-0.39, 0.29) is 23.3 Å². The topological polar surface area (TPSA) is 79.5 Å². The van der Waals surface area contributed by atoms with E-state index in [1.807, 2.05) is 0 Å². The Kier molecular flexibility index (Phi) is 5.25. The van der Waals surface area contributed by atoms with Crippen molar-refractivity contribution in [3.05, 3.63) is 33.1 Å². The molecule has 0 spiro atoms. The SMILES string of the molecule is Cc1cnc(CN2CCCCCC2CO)c(C)c1[N+](=O)[O-]. The monoisotopic (exact) mass is 293 g/mol. The average molecular weight is 293 g/mol. The summed E-state index contributed by atoms with van der Waals surface area (Å²) < 4.78 is 0. The Bertz CT molecular complexity index is 519. The molecule has 1 aliphatic rings. The maximum Gasteiger partial charge on any atom is 0.278 e. The third kappa shape index (κ3) is 3.57. The average Bonchev–Trinajstić information content (AvgIpc) is 2.66. The van der Waals surface area contributed by atoms with Gasteiger partial charge >= 0.3 is 0 Å². The number of hydrogen-bond acceptors (Lipinski definition) is 5. The molecule has 0 saturated carbocycles. The fourth-order valence-electron chi connectivity index (χ4n) is 3.05. The molecule has 6 heteroatoms. The van der Waals surface area contributed by atoms with Gasteiger partial charge in [0.15, 0.2) is 0 Å². The third-order valence-corrected chi connectivity index (χ3v) is 4.32. The van der Waals surface area contributed by atoms with Gasteiger partial charge in [0, 0.05) is 29.9 Å². The molecular weight excluding hydrogens is 270 g/mol. The highest BCUT2D eigenvalue weighted by Gasteiger charge is 2.24. The fraction of sp³-hybridized carbons (Fsp3) is 0.667. The molecule has 1 aromatic heterocycles. The molecule has 21 heavy (non-hydrogen) atoms. The summed E-state index contributed by atoms with van der Waals surface area (Å²) >= 11 is 0. The number of aromatic nitrogens is 1. The van der Waals surface area contributed by atoms with Crippen LogP contribution in [-0.4, -0.2) is 39.1 Å². The molecule has 1 fully saturated rings. The lowest BCUT2D eigenvalue weighted by Gasteiger charge is -2.28. The number of hydrogen-bond donors (Lipinski definition) is 1. The van der Waals surface area contributed by atoms with Gasteiger partial charge in [-0.25, -0.2) is 0 Å². The van der Waals surface area contributed by atoms with Crippen molar-refractivity contribution in [3.63, 3.8) is 0 Å². The Hall–Kier alpha value is -1.53. The first-order valence-electron chi connectivity index (χ1n) is 7.49. The molecule has 2 heterocycles. The Morgan fingerprint density at radius 2 is 2.19 bits per heavy atom. The largest absolute Gasteiger partial charge is 0.395 e. The lowest BCUT2D eigenvalue weighted by atomic mass is 10.1. The predicted molar refractivity (Wildman–Crippen MR) is 80.1 cm³/mol. The van der Waals surface area contributed by atoms with E-state index in [0.29, 0.717) is 17.7 Å². The second kappa shape index (κ2) is 6.95. The highest BCUT2D eigenvalue weighted by Crippen LogP contribution is 2.26.